The van der Waals surface area contributed by atoms with Crippen LogP contribution in [0.3, 0.4) is 0 Å². The molecule has 3 heteroatoms. The van der Waals surface area contributed by atoms with Crippen LogP contribution in [0, 0.1) is 0 Å². The molecule has 0 amide bonds. The van der Waals surface area contributed by atoms with Crippen LogP contribution in [0.25, 0.3) is 99.2 Å². The molecule has 10 aromatic rings. The van der Waals surface area contributed by atoms with Gasteiger partial charge in [0.15, 0.2) is 0 Å². The lowest BCUT2D eigenvalue weighted by Gasteiger charge is -2.11. The van der Waals surface area contributed by atoms with Crippen LogP contribution in [0.5, 0.6) is 0 Å². The van der Waals surface area contributed by atoms with Gasteiger partial charge in [-0.15, -0.1) is 0 Å². The zero-order chi connectivity index (χ0) is 32.3. The molecule has 2 aromatic heterocycles. The van der Waals surface area contributed by atoms with E-state index in [1.165, 1.54) is 21.9 Å². The summed E-state index contributed by atoms with van der Waals surface area (Å²) in [5, 5.41) is 6.89. The van der Waals surface area contributed by atoms with Gasteiger partial charge in [-0.05, 0) is 62.9 Å². The Bertz CT molecular complexity index is 2830. The van der Waals surface area contributed by atoms with Gasteiger partial charge in [-0.2, -0.15) is 0 Å². The fourth-order valence-corrected chi connectivity index (χ4v) is 7.30. The van der Waals surface area contributed by atoms with Crippen molar-refractivity contribution in [3.05, 3.63) is 170 Å². The Morgan fingerprint density at radius 2 is 0.959 bits per heavy atom. The highest BCUT2D eigenvalue weighted by Crippen LogP contribution is 2.41. The molecular formula is C46H28N2O. The molecule has 10 rings (SSSR count). The first-order valence-electron chi connectivity index (χ1n) is 16.6. The minimum absolute atomic E-state index is 0.859. The van der Waals surface area contributed by atoms with Crippen LogP contribution in [0.15, 0.2) is 174 Å². The fourth-order valence-electron chi connectivity index (χ4n) is 7.30. The third-order valence-electron chi connectivity index (χ3n) is 9.70. The van der Waals surface area contributed by atoms with E-state index in [0.717, 1.165) is 77.3 Å². The van der Waals surface area contributed by atoms with Gasteiger partial charge in [0.2, 0.25) is 0 Å². The van der Waals surface area contributed by atoms with Gasteiger partial charge in [0.1, 0.15) is 11.2 Å². The Kier molecular flexibility index (Phi) is 6.18. The molecule has 0 radical (unpaired) electrons. The average molecular weight is 625 g/mol. The molecule has 0 atom stereocenters. The lowest BCUT2D eigenvalue weighted by Crippen LogP contribution is -1.92. The predicted octanol–water partition coefficient (Wildman–Crippen LogP) is 12.5. The molecule has 0 aliphatic rings. The fraction of sp³-hybridized carbons (Fsp3) is 0. The summed E-state index contributed by atoms with van der Waals surface area (Å²) in [5.74, 6) is 0. The second-order valence-corrected chi connectivity index (χ2v) is 12.6. The van der Waals surface area contributed by atoms with Gasteiger partial charge < -0.3 is 4.42 Å². The highest BCUT2D eigenvalue weighted by Gasteiger charge is 2.16. The van der Waals surface area contributed by atoms with Crippen molar-refractivity contribution in [3.8, 4) is 44.6 Å². The first kappa shape index (κ1) is 27.5. The smallest absolute Gasteiger partial charge is 0.143 e. The summed E-state index contributed by atoms with van der Waals surface area (Å²) in [6.07, 6.45) is 1.90. The number of aromatic nitrogens is 2. The SMILES string of the molecule is c1ccc(-c2cc(-c3cccc(-c4ccc(-c5cnc6c7ccccc7c7ccccc7c6n5)cc4)c3)c3oc4ccccc4c3c2)cc1. The Morgan fingerprint density at radius 1 is 0.367 bits per heavy atom. The third-order valence-corrected chi connectivity index (χ3v) is 9.70. The summed E-state index contributed by atoms with van der Waals surface area (Å²) < 4.78 is 6.51. The number of fused-ring (bicyclic) bond motifs is 9. The summed E-state index contributed by atoms with van der Waals surface area (Å²) in [7, 11) is 0. The van der Waals surface area contributed by atoms with Gasteiger partial charge in [0, 0.05) is 32.7 Å². The second-order valence-electron chi connectivity index (χ2n) is 12.6. The lowest BCUT2D eigenvalue weighted by atomic mass is 9.93. The van der Waals surface area contributed by atoms with Crippen LogP contribution in [0.4, 0.5) is 0 Å². The van der Waals surface area contributed by atoms with Crippen molar-refractivity contribution in [2.45, 2.75) is 0 Å². The van der Waals surface area contributed by atoms with Crippen molar-refractivity contribution in [1.29, 1.82) is 0 Å². The summed E-state index contributed by atoms with van der Waals surface area (Å²) in [6, 6.07) is 57.7. The van der Waals surface area contributed by atoms with E-state index < -0.39 is 0 Å². The lowest BCUT2D eigenvalue weighted by molar-refractivity contribution is 0.670. The maximum absolute atomic E-state index is 6.51. The van der Waals surface area contributed by atoms with E-state index >= 15 is 0 Å². The van der Waals surface area contributed by atoms with Crippen molar-refractivity contribution in [3.63, 3.8) is 0 Å². The molecule has 0 saturated carbocycles. The van der Waals surface area contributed by atoms with Crippen LogP contribution in [0.1, 0.15) is 0 Å². The van der Waals surface area contributed by atoms with Crippen molar-refractivity contribution in [1.82, 2.24) is 9.97 Å². The standard InChI is InChI=1S/C46H28N2O/c1-2-11-29(12-3-1)34-26-40(46-41(27-34)37-17-8-9-20-43(37)49-46)33-14-10-13-32(25-33)30-21-23-31(24-22-30)42-28-47-44-38-18-6-4-15-35(38)36-16-5-7-19-39(36)45(44)48-42/h1-28H. The number of hydrogen-bond donors (Lipinski definition) is 0. The Labute approximate surface area is 282 Å². The van der Waals surface area contributed by atoms with Gasteiger partial charge in [-0.25, -0.2) is 4.98 Å². The van der Waals surface area contributed by atoms with Crippen LogP contribution in [0.2, 0.25) is 0 Å². The Balaban J connectivity index is 1.06. The van der Waals surface area contributed by atoms with Gasteiger partial charge >= 0.3 is 0 Å². The molecule has 0 N–H and O–H groups in total. The van der Waals surface area contributed by atoms with Crippen LogP contribution in [-0.4, -0.2) is 9.97 Å². The molecule has 0 saturated heterocycles. The first-order chi connectivity index (χ1) is 24.3. The molecule has 49 heavy (non-hydrogen) atoms. The monoisotopic (exact) mass is 624 g/mol. The molecule has 8 aromatic carbocycles. The molecule has 0 aliphatic carbocycles. The number of furan rings is 1. The van der Waals surface area contributed by atoms with E-state index in [2.05, 4.69) is 152 Å². The topological polar surface area (TPSA) is 38.9 Å². The Hall–Kier alpha value is -6.58. The maximum Gasteiger partial charge on any atom is 0.143 e. The highest BCUT2D eigenvalue weighted by atomic mass is 16.3. The molecule has 0 fully saturated rings. The minimum Gasteiger partial charge on any atom is -0.455 e. The molecule has 3 nitrogen and oxygen atoms in total. The number of nitrogens with zero attached hydrogens (tertiary/aromatic N) is 2. The molecule has 0 aliphatic heterocycles. The van der Waals surface area contributed by atoms with E-state index in [1.54, 1.807) is 0 Å². The van der Waals surface area contributed by atoms with Gasteiger partial charge in [0.25, 0.3) is 0 Å². The van der Waals surface area contributed by atoms with E-state index in [-0.39, 0.29) is 0 Å². The highest BCUT2D eigenvalue weighted by molar-refractivity contribution is 6.23. The summed E-state index contributed by atoms with van der Waals surface area (Å²) in [5.41, 5.74) is 12.4. The molecule has 0 unspecified atom stereocenters. The molecule has 228 valence electrons. The van der Waals surface area contributed by atoms with E-state index in [0.29, 0.717) is 0 Å². The van der Waals surface area contributed by atoms with E-state index in [1.807, 2.05) is 18.3 Å². The average Bonchev–Trinajstić information content (AvgIpc) is 3.57. The zero-order valence-corrected chi connectivity index (χ0v) is 26.5. The number of rotatable bonds is 4. The van der Waals surface area contributed by atoms with E-state index in [9.17, 15) is 0 Å². The van der Waals surface area contributed by atoms with Gasteiger partial charge in [-0.1, -0.05) is 140 Å². The van der Waals surface area contributed by atoms with Gasteiger partial charge in [-0.3, -0.25) is 4.98 Å². The maximum atomic E-state index is 6.51. The van der Waals surface area contributed by atoms with Crippen LogP contribution < -0.4 is 0 Å². The van der Waals surface area contributed by atoms with Crippen molar-refractivity contribution >= 4 is 54.5 Å². The van der Waals surface area contributed by atoms with Crippen LogP contribution >= 0.6 is 0 Å². The number of hydrogen-bond acceptors (Lipinski definition) is 3. The van der Waals surface area contributed by atoms with Crippen molar-refractivity contribution in [2.75, 3.05) is 0 Å². The first-order valence-corrected chi connectivity index (χ1v) is 16.6. The molecule has 2 heterocycles. The van der Waals surface area contributed by atoms with Crippen molar-refractivity contribution < 1.29 is 4.42 Å². The summed E-state index contributed by atoms with van der Waals surface area (Å²) >= 11 is 0. The summed E-state index contributed by atoms with van der Waals surface area (Å²) in [4.78, 5) is 10.1. The predicted molar refractivity (Wildman–Crippen MR) is 204 cm³/mol. The molecule has 0 spiro atoms. The van der Waals surface area contributed by atoms with Crippen molar-refractivity contribution in [2.24, 2.45) is 0 Å². The number of para-hydroxylation sites is 1. The Morgan fingerprint density at radius 3 is 1.73 bits per heavy atom. The molecule has 0 bridgehead atoms. The third kappa shape index (κ3) is 4.51. The second kappa shape index (κ2) is 11.0. The quantitative estimate of drug-likeness (QED) is 0.183. The summed E-state index contributed by atoms with van der Waals surface area (Å²) in [6.45, 7) is 0. The van der Waals surface area contributed by atoms with Crippen LogP contribution in [-0.2, 0) is 0 Å². The zero-order valence-electron chi connectivity index (χ0n) is 26.5. The molecular weight excluding hydrogens is 597 g/mol. The van der Waals surface area contributed by atoms with Gasteiger partial charge in [0.05, 0.1) is 22.9 Å². The minimum atomic E-state index is 0.859. The van der Waals surface area contributed by atoms with E-state index in [4.69, 9.17) is 14.4 Å². The number of benzene rings is 8. The largest absolute Gasteiger partial charge is 0.455 e. The normalized spacial score (nSPS) is 11.7.